The molecule has 0 aromatic heterocycles. The van der Waals surface area contributed by atoms with Crippen molar-refractivity contribution in [3.8, 4) is 0 Å². The van der Waals surface area contributed by atoms with Gasteiger partial charge in [-0.3, -0.25) is 9.69 Å². The van der Waals surface area contributed by atoms with Crippen LogP contribution in [0.15, 0.2) is 18.2 Å². The van der Waals surface area contributed by atoms with Crippen molar-refractivity contribution in [2.45, 2.75) is 32.4 Å². The summed E-state index contributed by atoms with van der Waals surface area (Å²) in [7, 11) is 0. The van der Waals surface area contributed by atoms with E-state index in [1.807, 2.05) is 6.07 Å². The molecule has 5 heteroatoms. The Hall–Kier alpha value is -1.59. The van der Waals surface area contributed by atoms with Gasteiger partial charge < -0.3 is 16.0 Å². The second-order valence-corrected chi connectivity index (χ2v) is 6.02. The van der Waals surface area contributed by atoms with E-state index < -0.39 is 6.04 Å². The molecule has 21 heavy (non-hydrogen) atoms. The lowest BCUT2D eigenvalue weighted by Gasteiger charge is -2.39. The molecule has 1 aromatic carbocycles. The smallest absolute Gasteiger partial charge is 0.245 e. The first-order valence-electron chi connectivity index (χ1n) is 7.79. The number of piperazine rings is 1. The number of carbonyl (C=O) groups excluding carboxylic acids is 1. The van der Waals surface area contributed by atoms with Crippen molar-refractivity contribution in [1.82, 2.24) is 4.90 Å². The van der Waals surface area contributed by atoms with Gasteiger partial charge in [-0.1, -0.05) is 13.0 Å². The lowest BCUT2D eigenvalue weighted by Crippen LogP contribution is -2.49. The Morgan fingerprint density at radius 2 is 2.05 bits per heavy atom. The van der Waals surface area contributed by atoms with Crippen LogP contribution in [0.5, 0.6) is 0 Å². The third-order valence-electron chi connectivity index (χ3n) is 4.81. The molecule has 2 aliphatic rings. The molecular weight excluding hydrogens is 264 g/mol. The maximum Gasteiger partial charge on any atom is 0.245 e. The van der Waals surface area contributed by atoms with Crippen LogP contribution in [-0.4, -0.2) is 43.0 Å². The first kappa shape index (κ1) is 14.4. The monoisotopic (exact) mass is 288 g/mol. The fourth-order valence-electron chi connectivity index (χ4n) is 3.15. The number of hydrogen-bond donors (Lipinski definition) is 2. The normalized spacial score (nSPS) is 23.9. The van der Waals surface area contributed by atoms with Gasteiger partial charge in [0.15, 0.2) is 0 Å². The van der Waals surface area contributed by atoms with E-state index in [-0.39, 0.29) is 5.91 Å². The van der Waals surface area contributed by atoms with Crippen LogP contribution in [0.4, 0.5) is 11.4 Å². The summed E-state index contributed by atoms with van der Waals surface area (Å²) in [6.07, 6.45) is 1.20. The number of hydrogen-bond acceptors (Lipinski definition) is 4. The molecule has 114 valence electrons. The average Bonchev–Trinajstić information content (AvgIpc) is 2.81. The molecule has 0 saturated carbocycles. The average molecular weight is 288 g/mol. The lowest BCUT2D eigenvalue weighted by molar-refractivity contribution is -0.116. The molecule has 2 unspecified atom stereocenters. The van der Waals surface area contributed by atoms with Gasteiger partial charge in [0.1, 0.15) is 6.04 Å². The van der Waals surface area contributed by atoms with E-state index in [0.29, 0.717) is 6.04 Å². The minimum Gasteiger partial charge on any atom is -0.369 e. The molecule has 0 bridgehead atoms. The van der Waals surface area contributed by atoms with E-state index in [4.69, 9.17) is 5.73 Å². The predicted molar refractivity (Wildman–Crippen MR) is 85.5 cm³/mol. The minimum absolute atomic E-state index is 0.108. The highest BCUT2D eigenvalue weighted by molar-refractivity contribution is 6.02. The summed E-state index contributed by atoms with van der Waals surface area (Å²) in [5.74, 6) is -0.108. The number of fused-ring (bicyclic) bond motifs is 1. The van der Waals surface area contributed by atoms with Gasteiger partial charge in [0.05, 0.1) is 0 Å². The van der Waals surface area contributed by atoms with Crippen LogP contribution < -0.4 is 16.0 Å². The summed E-state index contributed by atoms with van der Waals surface area (Å²) in [6, 6.07) is 6.26. The molecule has 5 nitrogen and oxygen atoms in total. The first-order chi connectivity index (χ1) is 10.1. The standard InChI is InChI=1S/C16H24N4O/c1-3-11(2)19-6-8-20(9-7-19)12-4-5-13-14(10-12)18-16(21)15(13)17/h4-5,10-11,15H,3,6-9,17H2,1-2H3,(H,18,21). The quantitative estimate of drug-likeness (QED) is 0.886. The molecule has 0 aliphatic carbocycles. The Bertz CT molecular complexity index is 537. The van der Waals surface area contributed by atoms with E-state index in [9.17, 15) is 4.79 Å². The van der Waals surface area contributed by atoms with E-state index in [2.05, 4.69) is 41.1 Å². The zero-order valence-corrected chi connectivity index (χ0v) is 12.8. The van der Waals surface area contributed by atoms with Crippen LogP contribution in [-0.2, 0) is 4.79 Å². The predicted octanol–water partition coefficient (Wildman–Crippen LogP) is 1.56. The third kappa shape index (κ3) is 2.63. The number of carbonyl (C=O) groups is 1. The zero-order chi connectivity index (χ0) is 15.0. The third-order valence-corrected chi connectivity index (χ3v) is 4.81. The second-order valence-electron chi connectivity index (χ2n) is 6.02. The van der Waals surface area contributed by atoms with Crippen molar-refractivity contribution in [1.29, 1.82) is 0 Å². The maximum atomic E-state index is 11.6. The van der Waals surface area contributed by atoms with Gasteiger partial charge in [0.2, 0.25) is 5.91 Å². The van der Waals surface area contributed by atoms with Gasteiger partial charge >= 0.3 is 0 Å². The summed E-state index contributed by atoms with van der Waals surface area (Å²) in [5.41, 5.74) is 8.80. The molecule has 2 aliphatic heterocycles. The summed E-state index contributed by atoms with van der Waals surface area (Å²) < 4.78 is 0. The molecule has 1 amide bonds. The Balaban J connectivity index is 1.70. The van der Waals surface area contributed by atoms with E-state index in [1.165, 1.54) is 12.1 Å². The van der Waals surface area contributed by atoms with Crippen molar-refractivity contribution in [3.63, 3.8) is 0 Å². The summed E-state index contributed by atoms with van der Waals surface area (Å²) in [6.45, 7) is 8.79. The molecule has 0 spiro atoms. The SMILES string of the molecule is CCC(C)N1CCN(c2ccc3c(c2)NC(=O)C3N)CC1. The van der Waals surface area contributed by atoms with Gasteiger partial charge in [-0.15, -0.1) is 0 Å². The highest BCUT2D eigenvalue weighted by Crippen LogP contribution is 2.33. The van der Waals surface area contributed by atoms with E-state index in [1.54, 1.807) is 0 Å². The van der Waals surface area contributed by atoms with Crippen LogP contribution in [0, 0.1) is 0 Å². The van der Waals surface area contributed by atoms with Gasteiger partial charge in [-0.2, -0.15) is 0 Å². The van der Waals surface area contributed by atoms with Crippen LogP contribution in [0.1, 0.15) is 31.9 Å². The van der Waals surface area contributed by atoms with Crippen molar-refractivity contribution in [2.24, 2.45) is 5.73 Å². The second kappa shape index (κ2) is 5.66. The number of anilines is 2. The Kier molecular flexibility index (Phi) is 3.87. The molecule has 2 atom stereocenters. The lowest BCUT2D eigenvalue weighted by atomic mass is 10.1. The molecule has 1 saturated heterocycles. The van der Waals surface area contributed by atoms with E-state index in [0.717, 1.165) is 37.4 Å². The number of nitrogens with one attached hydrogen (secondary N) is 1. The van der Waals surface area contributed by atoms with Crippen LogP contribution in [0.3, 0.4) is 0 Å². The summed E-state index contributed by atoms with van der Waals surface area (Å²) in [5, 5.41) is 2.86. The largest absolute Gasteiger partial charge is 0.369 e. The van der Waals surface area contributed by atoms with E-state index >= 15 is 0 Å². The van der Waals surface area contributed by atoms with Crippen LogP contribution in [0.2, 0.25) is 0 Å². The number of nitrogens with two attached hydrogens (primary N) is 1. The molecule has 2 heterocycles. The Morgan fingerprint density at radius 1 is 1.33 bits per heavy atom. The fraction of sp³-hybridized carbons (Fsp3) is 0.562. The van der Waals surface area contributed by atoms with Crippen molar-refractivity contribution < 1.29 is 4.79 Å². The Morgan fingerprint density at radius 3 is 2.71 bits per heavy atom. The molecule has 3 N–H and O–H groups in total. The van der Waals surface area contributed by atoms with Crippen molar-refractivity contribution >= 4 is 17.3 Å². The molecule has 1 fully saturated rings. The topological polar surface area (TPSA) is 61.6 Å². The van der Waals surface area contributed by atoms with Gasteiger partial charge in [0, 0.05) is 49.2 Å². The van der Waals surface area contributed by atoms with Crippen molar-refractivity contribution in [3.05, 3.63) is 23.8 Å². The number of amides is 1. The molecule has 1 aromatic rings. The van der Waals surface area contributed by atoms with Gasteiger partial charge in [-0.05, 0) is 25.5 Å². The van der Waals surface area contributed by atoms with Crippen molar-refractivity contribution in [2.75, 3.05) is 36.4 Å². The molecule has 0 radical (unpaired) electrons. The number of nitrogens with zero attached hydrogens (tertiary/aromatic N) is 2. The van der Waals surface area contributed by atoms with Gasteiger partial charge in [-0.25, -0.2) is 0 Å². The minimum atomic E-state index is -0.517. The zero-order valence-electron chi connectivity index (χ0n) is 12.8. The Labute approximate surface area is 126 Å². The number of benzene rings is 1. The molecular formula is C16H24N4O. The maximum absolute atomic E-state index is 11.6. The van der Waals surface area contributed by atoms with Crippen LogP contribution >= 0.6 is 0 Å². The summed E-state index contributed by atoms with van der Waals surface area (Å²) in [4.78, 5) is 16.5. The number of rotatable bonds is 3. The highest BCUT2D eigenvalue weighted by atomic mass is 16.2. The summed E-state index contributed by atoms with van der Waals surface area (Å²) >= 11 is 0. The fourth-order valence-corrected chi connectivity index (χ4v) is 3.15. The highest BCUT2D eigenvalue weighted by Gasteiger charge is 2.28. The van der Waals surface area contributed by atoms with Gasteiger partial charge in [0.25, 0.3) is 0 Å². The first-order valence-corrected chi connectivity index (χ1v) is 7.79. The molecule has 3 rings (SSSR count). The van der Waals surface area contributed by atoms with Crippen LogP contribution in [0.25, 0.3) is 0 Å².